The zero-order chi connectivity index (χ0) is 22.9. The number of rotatable bonds is 5. The minimum atomic E-state index is -3.55. The summed E-state index contributed by atoms with van der Waals surface area (Å²) in [6.45, 7) is 5.24. The summed E-state index contributed by atoms with van der Waals surface area (Å²) in [6.07, 6.45) is 4.47. The Balaban J connectivity index is 1.68. The van der Waals surface area contributed by atoms with Crippen molar-refractivity contribution in [2.75, 3.05) is 13.1 Å². The Morgan fingerprint density at radius 1 is 1.12 bits per heavy atom. The number of aromatic nitrogens is 1. The van der Waals surface area contributed by atoms with Gasteiger partial charge in [0.25, 0.3) is 5.91 Å². The van der Waals surface area contributed by atoms with Crippen LogP contribution >= 0.6 is 34.5 Å². The molecule has 168 valence electrons. The maximum absolute atomic E-state index is 12.8. The van der Waals surface area contributed by atoms with Crippen molar-refractivity contribution in [2.24, 2.45) is 4.99 Å². The van der Waals surface area contributed by atoms with E-state index in [2.05, 4.69) is 11.6 Å². The highest BCUT2D eigenvalue weighted by Gasteiger charge is 2.26. The summed E-state index contributed by atoms with van der Waals surface area (Å²) >= 11 is 13.8. The molecule has 1 amide bonds. The molecule has 6 nitrogen and oxygen atoms in total. The van der Waals surface area contributed by atoms with Crippen LogP contribution in [0, 0.1) is 0 Å². The first-order valence-corrected chi connectivity index (χ1v) is 13.1. The number of sulfonamides is 1. The first-order valence-electron chi connectivity index (χ1n) is 10.1. The number of halogens is 2. The lowest BCUT2D eigenvalue weighted by Gasteiger charge is -2.25. The lowest BCUT2D eigenvalue weighted by molar-refractivity contribution is 0.0997. The molecule has 3 aromatic rings. The summed E-state index contributed by atoms with van der Waals surface area (Å²) in [6, 6.07) is 9.34. The predicted molar refractivity (Wildman–Crippen MR) is 129 cm³/mol. The van der Waals surface area contributed by atoms with Crippen molar-refractivity contribution in [3.05, 3.63) is 69.5 Å². The van der Waals surface area contributed by atoms with Gasteiger partial charge in [-0.15, -0.1) is 6.58 Å². The van der Waals surface area contributed by atoms with Crippen molar-refractivity contribution in [2.45, 2.75) is 30.7 Å². The Morgan fingerprint density at radius 2 is 1.81 bits per heavy atom. The molecule has 0 saturated carbocycles. The Labute approximate surface area is 200 Å². The topological polar surface area (TPSA) is 71.7 Å². The second-order valence-electron chi connectivity index (χ2n) is 7.42. The Hall–Kier alpha value is -1.97. The second-order valence-corrected chi connectivity index (χ2v) is 11.2. The van der Waals surface area contributed by atoms with E-state index in [9.17, 15) is 13.2 Å². The summed E-state index contributed by atoms with van der Waals surface area (Å²) in [5.41, 5.74) is 1.03. The highest BCUT2D eigenvalue weighted by Crippen LogP contribution is 2.30. The number of thiazole rings is 1. The van der Waals surface area contributed by atoms with E-state index in [1.807, 2.05) is 0 Å². The van der Waals surface area contributed by atoms with Gasteiger partial charge in [-0.3, -0.25) is 4.79 Å². The summed E-state index contributed by atoms with van der Waals surface area (Å²) in [5.74, 6) is -0.474. The summed E-state index contributed by atoms with van der Waals surface area (Å²) in [7, 11) is -3.55. The van der Waals surface area contributed by atoms with E-state index < -0.39 is 15.9 Å². The van der Waals surface area contributed by atoms with Gasteiger partial charge in [-0.25, -0.2) is 8.42 Å². The van der Waals surface area contributed by atoms with Crippen molar-refractivity contribution < 1.29 is 13.2 Å². The molecule has 0 aliphatic carbocycles. The van der Waals surface area contributed by atoms with Gasteiger partial charge >= 0.3 is 0 Å². The number of hydrogen-bond acceptors (Lipinski definition) is 4. The third-order valence-electron chi connectivity index (χ3n) is 5.26. The molecule has 10 heteroatoms. The first kappa shape index (κ1) is 23.2. The molecule has 0 bridgehead atoms. The van der Waals surface area contributed by atoms with E-state index in [1.54, 1.807) is 22.8 Å². The number of hydrogen-bond donors (Lipinski definition) is 0. The average Bonchev–Trinajstić information content (AvgIpc) is 3.11. The third-order valence-corrected chi connectivity index (χ3v) is 8.70. The number of carbonyl (C=O) groups is 1. The lowest BCUT2D eigenvalue weighted by atomic mass is 10.2. The van der Waals surface area contributed by atoms with Crippen LogP contribution in [0.25, 0.3) is 10.2 Å². The zero-order valence-electron chi connectivity index (χ0n) is 17.1. The van der Waals surface area contributed by atoms with E-state index in [0.29, 0.717) is 40.0 Å². The van der Waals surface area contributed by atoms with Gasteiger partial charge in [0.15, 0.2) is 4.80 Å². The summed E-state index contributed by atoms with van der Waals surface area (Å²) in [4.78, 5) is 17.8. The van der Waals surface area contributed by atoms with E-state index in [-0.39, 0.29) is 4.90 Å². The minimum Gasteiger partial charge on any atom is -0.311 e. The molecule has 1 aromatic heterocycles. The second kappa shape index (κ2) is 9.49. The number of nitrogens with zero attached hydrogens (tertiary/aromatic N) is 3. The van der Waals surface area contributed by atoms with Crippen molar-refractivity contribution in [3.8, 4) is 0 Å². The monoisotopic (exact) mass is 509 g/mol. The Kier molecular flexibility index (Phi) is 6.88. The van der Waals surface area contributed by atoms with Gasteiger partial charge in [-0.2, -0.15) is 9.30 Å². The maximum Gasteiger partial charge on any atom is 0.279 e. The third kappa shape index (κ3) is 4.56. The van der Waals surface area contributed by atoms with Gasteiger partial charge in [-0.1, -0.05) is 47.0 Å². The number of benzene rings is 2. The van der Waals surface area contributed by atoms with Crippen molar-refractivity contribution >= 4 is 60.7 Å². The molecular formula is C22H21Cl2N3O3S2. The van der Waals surface area contributed by atoms with Gasteiger partial charge < -0.3 is 4.57 Å². The van der Waals surface area contributed by atoms with Crippen LogP contribution in [0.5, 0.6) is 0 Å². The molecule has 0 spiro atoms. The van der Waals surface area contributed by atoms with Crippen LogP contribution in [0.2, 0.25) is 10.0 Å². The average molecular weight is 510 g/mol. The highest BCUT2D eigenvalue weighted by molar-refractivity contribution is 7.89. The first-order chi connectivity index (χ1) is 15.3. The molecule has 0 atom stereocenters. The molecule has 0 unspecified atom stereocenters. The van der Waals surface area contributed by atoms with Crippen LogP contribution in [0.4, 0.5) is 0 Å². The SMILES string of the molecule is C=CCn1c(=NC(=O)c2ccc(S(=O)(=O)N3CCCCC3)cc2)sc2cc(Cl)cc(Cl)c21. The van der Waals surface area contributed by atoms with Crippen molar-refractivity contribution in [3.63, 3.8) is 0 Å². The number of allylic oxidation sites excluding steroid dienone is 1. The molecule has 1 aliphatic heterocycles. The molecule has 4 rings (SSSR count). The van der Waals surface area contributed by atoms with Gasteiger partial charge in [0.1, 0.15) is 0 Å². The van der Waals surface area contributed by atoms with Crippen LogP contribution in [0.1, 0.15) is 29.6 Å². The molecule has 2 aromatic carbocycles. The smallest absolute Gasteiger partial charge is 0.279 e. The van der Waals surface area contributed by atoms with Crippen LogP contribution < -0.4 is 4.80 Å². The fraction of sp³-hybridized carbons (Fsp3) is 0.273. The highest BCUT2D eigenvalue weighted by atomic mass is 35.5. The van der Waals surface area contributed by atoms with E-state index >= 15 is 0 Å². The molecule has 0 N–H and O–H groups in total. The van der Waals surface area contributed by atoms with Crippen molar-refractivity contribution in [1.82, 2.24) is 8.87 Å². The van der Waals surface area contributed by atoms with E-state index in [1.165, 1.54) is 39.9 Å². The normalized spacial score (nSPS) is 15.9. The van der Waals surface area contributed by atoms with Crippen LogP contribution in [0.15, 0.2) is 58.9 Å². The zero-order valence-corrected chi connectivity index (χ0v) is 20.3. The standard InChI is InChI=1S/C22H21Cl2N3O3S2/c1-2-10-27-20-18(24)13-16(23)14-19(20)31-22(27)25-21(28)15-6-8-17(9-7-15)32(29,30)26-11-4-3-5-12-26/h2,6-9,13-14H,1,3-5,10-12H2. The fourth-order valence-corrected chi connectivity index (χ4v) is 7.03. The Morgan fingerprint density at radius 3 is 2.47 bits per heavy atom. The van der Waals surface area contributed by atoms with Crippen LogP contribution in [-0.4, -0.2) is 36.3 Å². The van der Waals surface area contributed by atoms with Gasteiger partial charge in [-0.05, 0) is 49.2 Å². The maximum atomic E-state index is 12.8. The molecule has 1 saturated heterocycles. The van der Waals surface area contributed by atoms with Gasteiger partial charge in [0.05, 0.1) is 20.1 Å². The van der Waals surface area contributed by atoms with E-state index in [0.717, 1.165) is 29.5 Å². The van der Waals surface area contributed by atoms with Crippen LogP contribution in [0.3, 0.4) is 0 Å². The molecule has 2 heterocycles. The van der Waals surface area contributed by atoms with Gasteiger partial charge in [0, 0.05) is 30.2 Å². The number of piperidine rings is 1. The molecule has 1 aliphatic rings. The molecule has 32 heavy (non-hydrogen) atoms. The summed E-state index contributed by atoms with van der Waals surface area (Å²) in [5, 5.41) is 0.963. The quantitative estimate of drug-likeness (QED) is 0.448. The molecular weight excluding hydrogens is 489 g/mol. The lowest BCUT2D eigenvalue weighted by Crippen LogP contribution is -2.35. The largest absolute Gasteiger partial charge is 0.311 e. The Bertz CT molecular complexity index is 1350. The van der Waals surface area contributed by atoms with Crippen LogP contribution in [-0.2, 0) is 16.6 Å². The number of carbonyl (C=O) groups excluding carboxylic acids is 1. The predicted octanol–water partition coefficient (Wildman–Crippen LogP) is 5.11. The molecule has 0 radical (unpaired) electrons. The fourth-order valence-electron chi connectivity index (χ4n) is 3.69. The van der Waals surface area contributed by atoms with Crippen molar-refractivity contribution in [1.29, 1.82) is 0 Å². The molecule has 1 fully saturated rings. The minimum absolute atomic E-state index is 0.181. The number of amides is 1. The van der Waals surface area contributed by atoms with Gasteiger partial charge in [0.2, 0.25) is 10.0 Å². The summed E-state index contributed by atoms with van der Waals surface area (Å²) < 4.78 is 29.7. The number of fused-ring (bicyclic) bond motifs is 1. The van der Waals surface area contributed by atoms with E-state index in [4.69, 9.17) is 23.2 Å².